The largest absolute Gasteiger partial charge is 0.493 e. The van der Waals surface area contributed by atoms with Crippen molar-refractivity contribution >= 4 is 44.6 Å². The van der Waals surface area contributed by atoms with Gasteiger partial charge in [-0.3, -0.25) is 15.0 Å². The molecule has 0 spiro atoms. The molecule has 38 heavy (non-hydrogen) atoms. The summed E-state index contributed by atoms with van der Waals surface area (Å²) in [6, 6.07) is 4.70. The van der Waals surface area contributed by atoms with Crippen LogP contribution in [0.2, 0.25) is 0 Å². The fourth-order valence-corrected chi connectivity index (χ4v) is 4.42. The second-order valence-electron chi connectivity index (χ2n) is 9.58. The summed E-state index contributed by atoms with van der Waals surface area (Å²) in [7, 11) is -1.00. The number of halogens is 1. The standard InChI is InChI=1S/C25H32N4O7S.BrH/c1-8-35-18-11-15-12-29(23(26)20(15)28-21(18)24(31)27-5)13-17(30)14-9-16(25(2,3)4)22(19(10-14)34-6)36-37(7,32)33;/h9-11,26H,8,12-13H2,1-7H3,(H,27,31);1H. The molecule has 1 aromatic carbocycles. The van der Waals surface area contributed by atoms with E-state index in [1.165, 1.54) is 20.2 Å². The van der Waals surface area contributed by atoms with Crippen LogP contribution in [-0.2, 0) is 22.1 Å². The molecule has 2 aromatic rings. The van der Waals surface area contributed by atoms with Crippen molar-refractivity contribution in [1.29, 1.82) is 5.41 Å². The predicted octanol–water partition coefficient (Wildman–Crippen LogP) is 3.09. The molecule has 0 saturated heterocycles. The Kier molecular flexibility index (Phi) is 9.54. The third-order valence-electron chi connectivity index (χ3n) is 5.68. The average molecular weight is 614 g/mol. The van der Waals surface area contributed by atoms with Gasteiger partial charge in [0.2, 0.25) is 0 Å². The van der Waals surface area contributed by atoms with Crippen molar-refractivity contribution in [2.24, 2.45) is 0 Å². The van der Waals surface area contributed by atoms with Crippen LogP contribution in [0.15, 0.2) is 18.2 Å². The van der Waals surface area contributed by atoms with Crippen LogP contribution in [0.4, 0.5) is 0 Å². The van der Waals surface area contributed by atoms with Crippen molar-refractivity contribution in [2.75, 3.05) is 33.6 Å². The molecule has 11 nitrogen and oxygen atoms in total. The third kappa shape index (κ3) is 6.62. The molecule has 2 N–H and O–H groups in total. The molecule has 0 aliphatic carbocycles. The number of pyridine rings is 1. The van der Waals surface area contributed by atoms with E-state index in [4.69, 9.17) is 19.1 Å². The van der Waals surface area contributed by atoms with Crippen molar-refractivity contribution in [3.63, 3.8) is 0 Å². The van der Waals surface area contributed by atoms with Gasteiger partial charge < -0.3 is 23.9 Å². The van der Waals surface area contributed by atoms with Gasteiger partial charge in [0.25, 0.3) is 5.91 Å². The number of carbonyl (C=O) groups is 2. The van der Waals surface area contributed by atoms with E-state index >= 15 is 0 Å². The van der Waals surface area contributed by atoms with Crippen LogP contribution in [0.3, 0.4) is 0 Å². The number of ether oxygens (including phenoxy) is 2. The molecule has 0 radical (unpaired) electrons. The molecule has 208 valence electrons. The molecule has 3 rings (SSSR count). The number of amides is 1. The summed E-state index contributed by atoms with van der Waals surface area (Å²) in [5.41, 5.74) is 1.23. The van der Waals surface area contributed by atoms with E-state index in [0.29, 0.717) is 29.2 Å². The van der Waals surface area contributed by atoms with Crippen LogP contribution in [0.5, 0.6) is 17.2 Å². The normalized spacial score (nSPS) is 12.9. The Morgan fingerprint density at radius 3 is 2.37 bits per heavy atom. The second kappa shape index (κ2) is 11.7. The second-order valence-corrected chi connectivity index (χ2v) is 11.2. The quantitative estimate of drug-likeness (QED) is 0.322. The molecule has 0 atom stereocenters. The van der Waals surface area contributed by atoms with E-state index in [1.54, 1.807) is 24.0 Å². The van der Waals surface area contributed by atoms with Crippen LogP contribution in [-0.4, -0.2) is 69.4 Å². The SMILES string of the molecule is Br.CCOc1cc2c(nc1C(=O)NC)C(=N)N(CC(=O)c1cc(OC)c(OS(C)(=O)=O)c(C(C)(C)C)c1)C2. The average Bonchev–Trinajstić information content (AvgIpc) is 3.10. The summed E-state index contributed by atoms with van der Waals surface area (Å²) in [6.07, 6.45) is 0.940. The first-order valence-electron chi connectivity index (χ1n) is 11.6. The van der Waals surface area contributed by atoms with Gasteiger partial charge in [0, 0.05) is 30.3 Å². The summed E-state index contributed by atoms with van der Waals surface area (Å²) in [5, 5.41) is 11.1. The number of benzene rings is 1. The van der Waals surface area contributed by atoms with E-state index in [9.17, 15) is 18.0 Å². The maximum Gasteiger partial charge on any atom is 0.306 e. The van der Waals surface area contributed by atoms with Gasteiger partial charge in [0.05, 0.1) is 26.5 Å². The number of fused-ring (bicyclic) bond motifs is 1. The highest BCUT2D eigenvalue weighted by molar-refractivity contribution is 8.93. The summed E-state index contributed by atoms with van der Waals surface area (Å²) >= 11 is 0. The Balaban J connectivity index is 0.00000507. The summed E-state index contributed by atoms with van der Waals surface area (Å²) in [5.74, 6) is -0.293. The minimum atomic E-state index is -3.85. The van der Waals surface area contributed by atoms with Gasteiger partial charge in [-0.1, -0.05) is 20.8 Å². The van der Waals surface area contributed by atoms with E-state index in [2.05, 4.69) is 10.3 Å². The number of Topliss-reactive ketones (excluding diaryl/α,β-unsaturated/α-hetero) is 1. The molecule has 1 amide bonds. The van der Waals surface area contributed by atoms with Gasteiger partial charge in [-0.05, 0) is 30.5 Å². The van der Waals surface area contributed by atoms with Crippen LogP contribution < -0.4 is 19.0 Å². The Morgan fingerprint density at radius 2 is 1.84 bits per heavy atom. The predicted molar refractivity (Wildman–Crippen MR) is 148 cm³/mol. The molecular weight excluding hydrogens is 580 g/mol. The highest BCUT2D eigenvalue weighted by Crippen LogP contribution is 2.40. The first-order chi connectivity index (χ1) is 17.2. The van der Waals surface area contributed by atoms with Crippen molar-refractivity contribution < 1.29 is 31.7 Å². The van der Waals surface area contributed by atoms with Crippen molar-refractivity contribution in [3.8, 4) is 17.2 Å². The third-order valence-corrected chi connectivity index (χ3v) is 6.15. The molecule has 0 fully saturated rings. The Morgan fingerprint density at radius 1 is 1.18 bits per heavy atom. The fraction of sp³-hybridized carbons (Fsp3) is 0.440. The van der Waals surface area contributed by atoms with Crippen molar-refractivity contribution in [3.05, 3.63) is 46.3 Å². The minimum Gasteiger partial charge on any atom is -0.493 e. The van der Waals surface area contributed by atoms with Gasteiger partial charge >= 0.3 is 10.1 Å². The number of carbonyl (C=O) groups excluding carboxylic acids is 2. The fourth-order valence-electron chi connectivity index (χ4n) is 3.95. The number of nitrogens with one attached hydrogen (secondary N) is 2. The molecule has 1 aliphatic heterocycles. The highest BCUT2D eigenvalue weighted by atomic mass is 79.9. The van der Waals surface area contributed by atoms with Crippen LogP contribution in [0.25, 0.3) is 0 Å². The first kappa shape index (κ1) is 31.0. The van der Waals surface area contributed by atoms with Gasteiger partial charge in [0.15, 0.2) is 28.7 Å². The lowest BCUT2D eigenvalue weighted by Gasteiger charge is -2.25. The van der Waals surface area contributed by atoms with Crippen LogP contribution in [0, 0.1) is 5.41 Å². The van der Waals surface area contributed by atoms with Crippen molar-refractivity contribution in [2.45, 2.75) is 39.7 Å². The van der Waals surface area contributed by atoms with Crippen LogP contribution in [0.1, 0.15) is 65.4 Å². The van der Waals surface area contributed by atoms with Crippen molar-refractivity contribution in [1.82, 2.24) is 15.2 Å². The number of hydrogen-bond acceptors (Lipinski definition) is 9. The van der Waals surface area contributed by atoms with E-state index < -0.39 is 21.4 Å². The lowest BCUT2D eigenvalue weighted by atomic mass is 9.84. The van der Waals surface area contributed by atoms with Gasteiger partial charge in [-0.2, -0.15) is 8.42 Å². The number of rotatable bonds is 9. The van der Waals surface area contributed by atoms with Crippen LogP contribution >= 0.6 is 17.0 Å². The van der Waals surface area contributed by atoms with Gasteiger partial charge in [-0.25, -0.2) is 4.98 Å². The lowest BCUT2D eigenvalue weighted by Crippen LogP contribution is -2.31. The molecular formula is C25H33BrN4O7S. The van der Waals surface area contributed by atoms with Gasteiger partial charge in [0.1, 0.15) is 11.5 Å². The smallest absolute Gasteiger partial charge is 0.306 e. The summed E-state index contributed by atoms with van der Waals surface area (Å²) in [6.45, 7) is 7.81. The highest BCUT2D eigenvalue weighted by Gasteiger charge is 2.32. The maximum absolute atomic E-state index is 13.4. The zero-order valence-electron chi connectivity index (χ0n) is 22.4. The van der Waals surface area contributed by atoms with E-state index in [0.717, 1.165) is 6.26 Å². The molecule has 2 heterocycles. The number of aromatic nitrogens is 1. The van der Waals surface area contributed by atoms with E-state index in [1.807, 2.05) is 20.8 Å². The number of nitrogens with zero attached hydrogens (tertiary/aromatic N) is 2. The number of amidine groups is 1. The Hall–Kier alpha value is -3.19. The summed E-state index contributed by atoms with van der Waals surface area (Å²) < 4.78 is 39.9. The van der Waals surface area contributed by atoms with E-state index in [-0.39, 0.29) is 64.4 Å². The number of methoxy groups -OCH3 is 1. The summed E-state index contributed by atoms with van der Waals surface area (Å²) in [4.78, 5) is 31.6. The Bertz CT molecular complexity index is 1370. The molecule has 0 unspecified atom stereocenters. The Labute approximate surface area is 233 Å². The number of hydrogen-bond donors (Lipinski definition) is 2. The molecule has 0 saturated carbocycles. The molecule has 1 aromatic heterocycles. The zero-order chi connectivity index (χ0) is 27.7. The zero-order valence-corrected chi connectivity index (χ0v) is 25.0. The molecule has 0 bridgehead atoms. The topological polar surface area (TPSA) is 148 Å². The first-order valence-corrected chi connectivity index (χ1v) is 13.4. The number of ketones is 1. The minimum absolute atomic E-state index is 0. The van der Waals surface area contributed by atoms with Gasteiger partial charge in [-0.15, -0.1) is 17.0 Å². The lowest BCUT2D eigenvalue weighted by molar-refractivity contribution is 0.0949. The maximum atomic E-state index is 13.4. The monoisotopic (exact) mass is 612 g/mol. The molecule has 1 aliphatic rings. The molecule has 13 heteroatoms.